The topological polar surface area (TPSA) is 80.7 Å². The highest BCUT2D eigenvalue weighted by Gasteiger charge is 2.19. The molecule has 0 aliphatic rings. The van der Waals surface area contributed by atoms with Crippen molar-refractivity contribution < 1.29 is 19.4 Å². The van der Waals surface area contributed by atoms with Crippen LogP contribution in [0.2, 0.25) is 5.02 Å². The summed E-state index contributed by atoms with van der Waals surface area (Å²) in [5.74, 6) is 0.269. The Labute approximate surface area is 165 Å². The molecule has 0 unspecified atom stereocenters. The molecule has 140 valence electrons. The third-order valence-corrected chi connectivity index (χ3v) is 4.95. The van der Waals surface area contributed by atoms with Crippen LogP contribution in [0.15, 0.2) is 42.5 Å². The SMILES string of the molecule is COc1ccc(-c2nc(Nc3cccc(Cl)c3)sc2CC(=O)O)c(OC)c1. The fourth-order valence-corrected chi connectivity index (χ4v) is 3.73. The van der Waals surface area contributed by atoms with E-state index in [4.69, 9.17) is 21.1 Å². The Kier molecular flexibility index (Phi) is 5.83. The zero-order valence-corrected chi connectivity index (χ0v) is 16.2. The number of thiazole rings is 1. The maximum atomic E-state index is 11.3. The number of rotatable bonds is 7. The number of halogens is 1. The fourth-order valence-electron chi connectivity index (χ4n) is 2.56. The van der Waals surface area contributed by atoms with Gasteiger partial charge in [-0.05, 0) is 30.3 Å². The molecule has 1 aromatic heterocycles. The van der Waals surface area contributed by atoms with Gasteiger partial charge in [-0.25, -0.2) is 4.98 Å². The lowest BCUT2D eigenvalue weighted by atomic mass is 10.1. The van der Waals surface area contributed by atoms with E-state index >= 15 is 0 Å². The Morgan fingerprint density at radius 1 is 1.22 bits per heavy atom. The molecule has 1 heterocycles. The highest BCUT2D eigenvalue weighted by molar-refractivity contribution is 7.16. The molecule has 0 atom stereocenters. The molecule has 0 saturated carbocycles. The average Bonchev–Trinajstić information content (AvgIpc) is 3.02. The van der Waals surface area contributed by atoms with E-state index in [1.165, 1.54) is 11.3 Å². The van der Waals surface area contributed by atoms with Crippen LogP contribution >= 0.6 is 22.9 Å². The van der Waals surface area contributed by atoms with Crippen LogP contribution in [0.3, 0.4) is 0 Å². The molecule has 2 aromatic carbocycles. The third-order valence-electron chi connectivity index (χ3n) is 3.75. The van der Waals surface area contributed by atoms with Crippen molar-refractivity contribution in [3.8, 4) is 22.8 Å². The van der Waals surface area contributed by atoms with Crippen molar-refractivity contribution >= 4 is 39.7 Å². The molecule has 0 saturated heterocycles. The normalized spacial score (nSPS) is 10.5. The van der Waals surface area contributed by atoms with Crippen LogP contribution in [0.1, 0.15) is 4.88 Å². The van der Waals surface area contributed by atoms with Gasteiger partial charge in [-0.2, -0.15) is 0 Å². The van der Waals surface area contributed by atoms with Crippen molar-refractivity contribution in [3.05, 3.63) is 52.4 Å². The number of benzene rings is 2. The Morgan fingerprint density at radius 3 is 2.70 bits per heavy atom. The van der Waals surface area contributed by atoms with Crippen molar-refractivity contribution in [1.82, 2.24) is 4.98 Å². The molecule has 0 amide bonds. The predicted molar refractivity (Wildman–Crippen MR) is 107 cm³/mol. The lowest BCUT2D eigenvalue weighted by Crippen LogP contribution is -2.00. The number of aromatic nitrogens is 1. The van der Waals surface area contributed by atoms with Gasteiger partial charge in [0.15, 0.2) is 5.13 Å². The van der Waals surface area contributed by atoms with E-state index in [2.05, 4.69) is 10.3 Å². The van der Waals surface area contributed by atoms with Crippen molar-refractivity contribution in [2.75, 3.05) is 19.5 Å². The molecule has 2 N–H and O–H groups in total. The van der Waals surface area contributed by atoms with Gasteiger partial charge in [0.25, 0.3) is 0 Å². The summed E-state index contributed by atoms with van der Waals surface area (Å²) in [4.78, 5) is 16.5. The number of carbonyl (C=O) groups is 1. The highest BCUT2D eigenvalue weighted by Crippen LogP contribution is 2.39. The molecule has 0 spiro atoms. The van der Waals surface area contributed by atoms with Crippen molar-refractivity contribution in [2.45, 2.75) is 6.42 Å². The van der Waals surface area contributed by atoms with E-state index in [1.54, 1.807) is 44.6 Å². The number of nitrogens with zero attached hydrogens (tertiary/aromatic N) is 1. The van der Waals surface area contributed by atoms with Gasteiger partial charge in [0, 0.05) is 27.2 Å². The van der Waals surface area contributed by atoms with Crippen LogP contribution in [-0.2, 0) is 11.2 Å². The van der Waals surface area contributed by atoms with E-state index < -0.39 is 5.97 Å². The minimum Gasteiger partial charge on any atom is -0.497 e. The number of carboxylic acid groups (broad SMARTS) is 1. The third kappa shape index (κ3) is 4.50. The molecule has 0 aliphatic heterocycles. The summed E-state index contributed by atoms with van der Waals surface area (Å²) in [5.41, 5.74) is 2.03. The van der Waals surface area contributed by atoms with E-state index in [9.17, 15) is 9.90 Å². The number of anilines is 2. The number of nitrogens with one attached hydrogen (secondary N) is 1. The Morgan fingerprint density at radius 2 is 2.04 bits per heavy atom. The second kappa shape index (κ2) is 8.28. The minimum absolute atomic E-state index is 0.139. The summed E-state index contributed by atoms with van der Waals surface area (Å²) >= 11 is 7.30. The molecule has 3 aromatic rings. The molecule has 0 radical (unpaired) electrons. The second-order valence-corrected chi connectivity index (χ2v) is 7.08. The quantitative estimate of drug-likeness (QED) is 0.585. The van der Waals surface area contributed by atoms with Crippen molar-refractivity contribution in [3.63, 3.8) is 0 Å². The van der Waals surface area contributed by atoms with Crippen molar-refractivity contribution in [1.29, 1.82) is 0 Å². The van der Waals surface area contributed by atoms with Crippen LogP contribution in [0.4, 0.5) is 10.8 Å². The van der Waals surface area contributed by atoms with E-state index in [1.807, 2.05) is 12.1 Å². The van der Waals surface area contributed by atoms with Gasteiger partial charge in [0.05, 0.1) is 26.3 Å². The predicted octanol–water partition coefficient (Wildman–Crippen LogP) is 4.85. The summed E-state index contributed by atoms with van der Waals surface area (Å²) in [6.45, 7) is 0. The largest absolute Gasteiger partial charge is 0.497 e. The van der Waals surface area contributed by atoms with Gasteiger partial charge in [0.1, 0.15) is 11.5 Å². The second-order valence-electron chi connectivity index (χ2n) is 5.56. The number of carboxylic acids is 1. The van der Waals surface area contributed by atoms with Gasteiger partial charge >= 0.3 is 5.97 Å². The molecule has 27 heavy (non-hydrogen) atoms. The van der Waals surface area contributed by atoms with Gasteiger partial charge in [-0.1, -0.05) is 17.7 Å². The van der Waals surface area contributed by atoms with Crippen LogP contribution in [0.5, 0.6) is 11.5 Å². The van der Waals surface area contributed by atoms with E-state index in [0.29, 0.717) is 37.8 Å². The number of ether oxygens (including phenoxy) is 2. The Bertz CT molecular complexity index is 974. The zero-order chi connectivity index (χ0) is 19.4. The van der Waals surface area contributed by atoms with Crippen LogP contribution in [-0.4, -0.2) is 30.3 Å². The first kappa shape index (κ1) is 19.0. The summed E-state index contributed by atoms with van der Waals surface area (Å²) in [5, 5.41) is 13.6. The van der Waals surface area contributed by atoms with Gasteiger partial charge in [0.2, 0.25) is 0 Å². The summed E-state index contributed by atoms with van der Waals surface area (Å²) in [6.07, 6.45) is -0.139. The molecule has 0 aliphatic carbocycles. The molecule has 6 nitrogen and oxygen atoms in total. The smallest absolute Gasteiger partial charge is 0.308 e. The Hall–Kier alpha value is -2.77. The molecular weight excluding hydrogens is 388 g/mol. The molecule has 0 fully saturated rings. The van der Waals surface area contributed by atoms with Gasteiger partial charge in [-0.3, -0.25) is 4.79 Å². The summed E-state index contributed by atoms with van der Waals surface area (Å²) in [7, 11) is 3.12. The number of hydrogen-bond acceptors (Lipinski definition) is 6. The van der Waals surface area contributed by atoms with E-state index in [-0.39, 0.29) is 6.42 Å². The Balaban J connectivity index is 2.03. The molecular formula is C19H17ClN2O4S. The first-order chi connectivity index (χ1) is 13.0. The van der Waals surface area contributed by atoms with E-state index in [0.717, 1.165) is 5.69 Å². The molecule has 3 rings (SSSR count). The maximum absolute atomic E-state index is 11.3. The zero-order valence-electron chi connectivity index (χ0n) is 14.7. The maximum Gasteiger partial charge on any atom is 0.308 e. The number of methoxy groups -OCH3 is 2. The summed E-state index contributed by atoms with van der Waals surface area (Å²) in [6, 6.07) is 12.6. The number of hydrogen-bond donors (Lipinski definition) is 2. The first-order valence-electron chi connectivity index (χ1n) is 7.96. The van der Waals surface area contributed by atoms with Gasteiger partial charge < -0.3 is 19.9 Å². The average molecular weight is 405 g/mol. The summed E-state index contributed by atoms with van der Waals surface area (Å²) < 4.78 is 10.7. The highest BCUT2D eigenvalue weighted by atomic mass is 35.5. The molecule has 0 bridgehead atoms. The van der Waals surface area contributed by atoms with Crippen molar-refractivity contribution in [2.24, 2.45) is 0 Å². The lowest BCUT2D eigenvalue weighted by molar-refractivity contribution is -0.136. The van der Waals surface area contributed by atoms with Crippen LogP contribution < -0.4 is 14.8 Å². The number of aliphatic carboxylic acids is 1. The minimum atomic E-state index is -0.929. The van der Waals surface area contributed by atoms with Gasteiger partial charge in [-0.15, -0.1) is 11.3 Å². The van der Waals surface area contributed by atoms with Crippen LogP contribution in [0, 0.1) is 0 Å². The first-order valence-corrected chi connectivity index (χ1v) is 9.16. The lowest BCUT2D eigenvalue weighted by Gasteiger charge is -2.09. The molecule has 8 heteroatoms. The monoisotopic (exact) mass is 404 g/mol. The van der Waals surface area contributed by atoms with Crippen LogP contribution in [0.25, 0.3) is 11.3 Å². The fraction of sp³-hybridized carbons (Fsp3) is 0.158. The standard InChI is InChI=1S/C19H17ClN2O4S/c1-25-13-6-7-14(15(9-13)26-2)18-16(10-17(23)24)27-19(22-18)21-12-5-3-4-11(20)8-12/h3-9H,10H2,1-2H3,(H,21,22)(H,23,24).